The van der Waals surface area contributed by atoms with E-state index in [-0.39, 0.29) is 24.4 Å². The third-order valence-corrected chi connectivity index (χ3v) is 4.17. The lowest BCUT2D eigenvalue weighted by Crippen LogP contribution is -2.44. The van der Waals surface area contributed by atoms with Crippen LogP contribution in [0.3, 0.4) is 0 Å². The molecule has 0 bridgehead atoms. The van der Waals surface area contributed by atoms with Crippen molar-refractivity contribution in [2.24, 2.45) is 5.92 Å². The maximum atomic E-state index is 12.3. The number of hydrogen-bond donors (Lipinski definition) is 0. The van der Waals surface area contributed by atoms with Gasteiger partial charge in [-0.15, -0.1) is 0 Å². The third-order valence-electron chi connectivity index (χ3n) is 3.64. The highest BCUT2D eigenvalue weighted by atomic mass is 35.5. The Morgan fingerprint density at radius 2 is 2.13 bits per heavy atom. The Labute approximate surface area is 145 Å². The quantitative estimate of drug-likeness (QED) is 0.757. The molecule has 7 heteroatoms. The number of likely N-dealkylation sites (tertiary alicyclic amines) is 1. The van der Waals surface area contributed by atoms with Crippen LogP contribution in [0.5, 0.6) is 5.75 Å². The number of benzene rings is 1. The van der Waals surface area contributed by atoms with Crippen LogP contribution in [0.2, 0.25) is 10.0 Å². The molecule has 0 unspecified atom stereocenters. The third kappa shape index (κ3) is 5.01. The Bertz CT molecular complexity index is 579. The smallest absolute Gasteiger partial charge is 0.310 e. The summed E-state index contributed by atoms with van der Waals surface area (Å²) < 4.78 is 10.5. The molecule has 1 aliphatic rings. The highest BCUT2D eigenvalue weighted by Gasteiger charge is 2.29. The van der Waals surface area contributed by atoms with E-state index in [1.807, 2.05) is 0 Å². The highest BCUT2D eigenvalue weighted by molar-refractivity contribution is 6.35. The van der Waals surface area contributed by atoms with Gasteiger partial charge in [0.15, 0.2) is 6.61 Å². The zero-order chi connectivity index (χ0) is 16.8. The van der Waals surface area contributed by atoms with E-state index >= 15 is 0 Å². The standard InChI is InChI=1S/C16H19Cl2NO4/c1-2-22-16(21)11-4-3-7-19(9-11)15(20)10-23-14-6-5-12(17)8-13(14)18/h5-6,8,11H,2-4,7,9-10H2,1H3/t11-/m0/s1. The van der Waals surface area contributed by atoms with Crippen LogP contribution in [0.1, 0.15) is 19.8 Å². The van der Waals surface area contributed by atoms with Gasteiger partial charge in [-0.05, 0) is 38.0 Å². The normalized spacial score (nSPS) is 17.7. The SMILES string of the molecule is CCOC(=O)[C@H]1CCCN(C(=O)COc2ccc(Cl)cc2Cl)C1. The van der Waals surface area contributed by atoms with Gasteiger partial charge in [-0.25, -0.2) is 0 Å². The molecule has 1 aliphatic heterocycles. The van der Waals surface area contributed by atoms with E-state index < -0.39 is 0 Å². The van der Waals surface area contributed by atoms with Crippen molar-refractivity contribution in [2.75, 3.05) is 26.3 Å². The minimum atomic E-state index is -0.258. The molecule has 1 atom stereocenters. The topological polar surface area (TPSA) is 55.8 Å². The maximum Gasteiger partial charge on any atom is 0.310 e. The second-order valence-corrected chi connectivity index (χ2v) is 6.14. The summed E-state index contributed by atoms with van der Waals surface area (Å²) in [5.74, 6) is -0.271. The summed E-state index contributed by atoms with van der Waals surface area (Å²) in [5, 5.41) is 0.857. The van der Waals surface area contributed by atoms with Gasteiger partial charge in [0, 0.05) is 18.1 Å². The summed E-state index contributed by atoms with van der Waals surface area (Å²) in [6.07, 6.45) is 1.52. The molecular formula is C16H19Cl2NO4. The maximum absolute atomic E-state index is 12.3. The number of carbonyl (C=O) groups excluding carboxylic acids is 2. The van der Waals surface area contributed by atoms with Crippen LogP contribution in [0.15, 0.2) is 18.2 Å². The number of halogens is 2. The number of esters is 1. The van der Waals surface area contributed by atoms with Crippen molar-refractivity contribution in [1.82, 2.24) is 4.90 Å². The number of hydrogen-bond acceptors (Lipinski definition) is 4. The molecule has 1 aromatic carbocycles. The first-order valence-electron chi connectivity index (χ1n) is 7.53. The highest BCUT2D eigenvalue weighted by Crippen LogP contribution is 2.27. The fourth-order valence-electron chi connectivity index (χ4n) is 2.48. The van der Waals surface area contributed by atoms with Gasteiger partial charge < -0.3 is 14.4 Å². The van der Waals surface area contributed by atoms with Crippen LogP contribution in [-0.2, 0) is 14.3 Å². The van der Waals surface area contributed by atoms with Crippen molar-refractivity contribution < 1.29 is 19.1 Å². The van der Waals surface area contributed by atoms with E-state index in [0.29, 0.717) is 35.5 Å². The summed E-state index contributed by atoms with van der Waals surface area (Å²) in [6, 6.07) is 4.82. The molecule has 1 fully saturated rings. The van der Waals surface area contributed by atoms with Gasteiger partial charge in [0.2, 0.25) is 0 Å². The Kier molecular flexibility index (Phi) is 6.54. The van der Waals surface area contributed by atoms with Crippen LogP contribution in [0.4, 0.5) is 0 Å². The number of piperidine rings is 1. The minimum absolute atomic E-state index is 0.128. The Morgan fingerprint density at radius 3 is 2.83 bits per heavy atom. The molecule has 1 saturated heterocycles. The van der Waals surface area contributed by atoms with E-state index in [9.17, 15) is 9.59 Å². The molecule has 0 spiro atoms. The van der Waals surface area contributed by atoms with Crippen molar-refractivity contribution in [2.45, 2.75) is 19.8 Å². The molecule has 5 nitrogen and oxygen atoms in total. The van der Waals surface area contributed by atoms with E-state index in [2.05, 4.69) is 0 Å². The summed E-state index contributed by atoms with van der Waals surface area (Å²) in [7, 11) is 0. The molecule has 1 aromatic rings. The average molecular weight is 360 g/mol. The van der Waals surface area contributed by atoms with Gasteiger partial charge >= 0.3 is 5.97 Å². The van der Waals surface area contributed by atoms with Gasteiger partial charge in [0.25, 0.3) is 5.91 Å². The van der Waals surface area contributed by atoms with Crippen LogP contribution in [-0.4, -0.2) is 43.1 Å². The molecule has 0 radical (unpaired) electrons. The Morgan fingerprint density at radius 1 is 1.35 bits per heavy atom. The number of nitrogens with zero attached hydrogens (tertiary/aromatic N) is 1. The molecule has 0 aromatic heterocycles. The number of carbonyl (C=O) groups is 2. The summed E-state index contributed by atoms with van der Waals surface area (Å²) >= 11 is 11.8. The van der Waals surface area contributed by atoms with E-state index in [4.69, 9.17) is 32.7 Å². The van der Waals surface area contributed by atoms with Crippen molar-refractivity contribution in [3.63, 3.8) is 0 Å². The van der Waals surface area contributed by atoms with E-state index in [1.165, 1.54) is 0 Å². The Hall–Kier alpha value is -1.46. The second-order valence-electron chi connectivity index (χ2n) is 5.29. The molecule has 0 saturated carbocycles. The van der Waals surface area contributed by atoms with Crippen LogP contribution in [0.25, 0.3) is 0 Å². The summed E-state index contributed by atoms with van der Waals surface area (Å²) in [5.41, 5.74) is 0. The van der Waals surface area contributed by atoms with Crippen molar-refractivity contribution in [3.8, 4) is 5.75 Å². The molecule has 1 heterocycles. The second kappa shape index (κ2) is 8.41. The van der Waals surface area contributed by atoms with Gasteiger partial charge in [-0.3, -0.25) is 9.59 Å². The van der Waals surface area contributed by atoms with E-state index in [1.54, 1.807) is 30.0 Å². The minimum Gasteiger partial charge on any atom is -0.482 e. The Balaban J connectivity index is 1.88. The van der Waals surface area contributed by atoms with Gasteiger partial charge in [0.05, 0.1) is 17.5 Å². The molecule has 126 valence electrons. The van der Waals surface area contributed by atoms with Crippen molar-refractivity contribution in [1.29, 1.82) is 0 Å². The van der Waals surface area contributed by atoms with Crippen molar-refractivity contribution in [3.05, 3.63) is 28.2 Å². The number of amides is 1. The molecule has 0 aliphatic carbocycles. The van der Waals surface area contributed by atoms with Crippen LogP contribution < -0.4 is 4.74 Å². The zero-order valence-electron chi connectivity index (χ0n) is 12.9. The van der Waals surface area contributed by atoms with Gasteiger partial charge in [-0.1, -0.05) is 23.2 Å². The lowest BCUT2D eigenvalue weighted by atomic mass is 9.98. The molecule has 0 N–H and O–H groups in total. The fraction of sp³-hybridized carbons (Fsp3) is 0.500. The molecule has 2 rings (SSSR count). The summed E-state index contributed by atoms with van der Waals surface area (Å²) in [4.78, 5) is 25.7. The van der Waals surface area contributed by atoms with Crippen molar-refractivity contribution >= 4 is 35.1 Å². The average Bonchev–Trinajstić information content (AvgIpc) is 2.54. The first kappa shape index (κ1) is 17.9. The predicted octanol–water partition coefficient (Wildman–Crippen LogP) is 3.17. The lowest BCUT2D eigenvalue weighted by Gasteiger charge is -2.31. The number of ether oxygens (including phenoxy) is 2. The molecular weight excluding hydrogens is 341 g/mol. The molecule has 1 amide bonds. The van der Waals surface area contributed by atoms with Gasteiger partial charge in [-0.2, -0.15) is 0 Å². The fourth-order valence-corrected chi connectivity index (χ4v) is 2.94. The first-order valence-corrected chi connectivity index (χ1v) is 8.29. The summed E-state index contributed by atoms with van der Waals surface area (Å²) in [6.45, 7) is 2.98. The lowest BCUT2D eigenvalue weighted by molar-refractivity contribution is -0.151. The van der Waals surface area contributed by atoms with E-state index in [0.717, 1.165) is 12.8 Å². The van der Waals surface area contributed by atoms with Gasteiger partial charge in [0.1, 0.15) is 5.75 Å². The van der Waals surface area contributed by atoms with Crippen LogP contribution >= 0.6 is 23.2 Å². The zero-order valence-corrected chi connectivity index (χ0v) is 14.4. The number of rotatable bonds is 5. The largest absolute Gasteiger partial charge is 0.482 e. The van der Waals surface area contributed by atoms with Crippen LogP contribution in [0, 0.1) is 5.92 Å². The predicted molar refractivity (Wildman–Crippen MR) is 87.9 cm³/mol. The first-order chi connectivity index (χ1) is 11.0. The monoisotopic (exact) mass is 359 g/mol. The molecule has 23 heavy (non-hydrogen) atoms.